The van der Waals surface area contributed by atoms with E-state index < -0.39 is 47.2 Å². The van der Waals surface area contributed by atoms with Crippen LogP contribution in [0.1, 0.15) is 39.5 Å². The van der Waals surface area contributed by atoms with Crippen molar-refractivity contribution in [3.8, 4) is 23.0 Å². The van der Waals surface area contributed by atoms with Crippen LogP contribution >= 0.6 is 69.6 Å². The number of rotatable bonds is 14. The fourth-order valence-corrected chi connectivity index (χ4v) is 4.88. The van der Waals surface area contributed by atoms with E-state index in [1.54, 1.807) is 0 Å². The van der Waals surface area contributed by atoms with Crippen LogP contribution in [0, 0.1) is 11.8 Å². The summed E-state index contributed by atoms with van der Waals surface area (Å²) in [5.74, 6) is -8.03. The van der Waals surface area contributed by atoms with E-state index in [1.807, 2.05) is 13.8 Å². The number of aliphatic carboxylic acids is 2. The molecule has 0 spiro atoms. The second-order valence-electron chi connectivity index (χ2n) is 8.68. The summed E-state index contributed by atoms with van der Waals surface area (Å²) >= 11 is 37.1. The minimum atomic E-state index is -1.56. The third-order valence-electron chi connectivity index (χ3n) is 5.57. The third-order valence-corrected chi connectivity index (χ3v) is 7.80. The highest BCUT2D eigenvalue weighted by Crippen LogP contribution is 2.46. The van der Waals surface area contributed by atoms with Crippen LogP contribution in [0.2, 0.25) is 30.1 Å². The van der Waals surface area contributed by atoms with Crippen molar-refractivity contribution in [2.24, 2.45) is 11.8 Å². The van der Waals surface area contributed by atoms with E-state index in [9.17, 15) is 29.4 Å². The molecule has 16 heteroatoms. The molecule has 2 unspecified atom stereocenters. The van der Waals surface area contributed by atoms with Gasteiger partial charge in [0.15, 0.2) is 23.0 Å². The molecular formula is C26H24Cl6O10. The van der Waals surface area contributed by atoms with E-state index in [2.05, 4.69) is 0 Å². The molecule has 0 bridgehead atoms. The van der Waals surface area contributed by atoms with E-state index in [0.29, 0.717) is 25.7 Å². The highest BCUT2D eigenvalue weighted by Gasteiger charge is 2.28. The van der Waals surface area contributed by atoms with Crippen molar-refractivity contribution in [1.82, 2.24) is 0 Å². The first-order valence-corrected chi connectivity index (χ1v) is 14.5. The molecule has 0 heterocycles. The summed E-state index contributed by atoms with van der Waals surface area (Å²) in [6.07, 6.45) is 1.88. The average molecular weight is 709 g/mol. The first-order chi connectivity index (χ1) is 19.7. The monoisotopic (exact) mass is 706 g/mol. The largest absolute Gasteiger partial charge is 0.489 e. The van der Waals surface area contributed by atoms with E-state index in [1.165, 1.54) is 0 Å². The second-order valence-corrected chi connectivity index (χ2v) is 11.0. The first kappa shape index (κ1) is 35.9. The Kier molecular flexibility index (Phi) is 14.1. The number of halogens is 6. The summed E-state index contributed by atoms with van der Waals surface area (Å²) in [6.45, 7) is 3.13. The Labute approximate surface area is 270 Å². The minimum Gasteiger partial charge on any atom is -0.489 e. The Hall–Kier alpha value is -2.34. The van der Waals surface area contributed by atoms with Crippen molar-refractivity contribution >= 4 is 93.5 Å². The normalized spacial score (nSPS) is 12.3. The van der Waals surface area contributed by atoms with Crippen molar-refractivity contribution in [2.75, 3.05) is 13.2 Å². The molecule has 10 nitrogen and oxygen atoms in total. The maximum absolute atomic E-state index is 12.5. The number of hydrogen-bond acceptors (Lipinski definition) is 8. The van der Waals surface area contributed by atoms with Crippen LogP contribution in [0.5, 0.6) is 23.0 Å². The van der Waals surface area contributed by atoms with Crippen LogP contribution in [0.15, 0.2) is 12.1 Å². The molecule has 2 N–H and O–H groups in total. The van der Waals surface area contributed by atoms with Gasteiger partial charge < -0.3 is 29.2 Å². The SMILES string of the molecule is CCCC(COc1c(Cl)cc(OC(=O)C(=O)Oc2cc(Cl)c(OCC(CCC)C(=O)O)c(Cl)c2Cl)c(Cl)c1Cl)C(=O)O. The summed E-state index contributed by atoms with van der Waals surface area (Å²) in [5.41, 5.74) is 0. The van der Waals surface area contributed by atoms with Gasteiger partial charge in [-0.15, -0.1) is 0 Å². The van der Waals surface area contributed by atoms with Crippen LogP contribution in [0.25, 0.3) is 0 Å². The Morgan fingerprint density at radius 3 is 1.26 bits per heavy atom. The molecule has 0 fully saturated rings. The quantitative estimate of drug-likeness (QED) is 0.0860. The summed E-state index contributed by atoms with van der Waals surface area (Å²) in [7, 11) is 0. The van der Waals surface area contributed by atoms with Crippen molar-refractivity contribution in [3.05, 3.63) is 42.3 Å². The van der Waals surface area contributed by atoms with Crippen molar-refractivity contribution < 1.29 is 48.3 Å². The number of carboxylic acid groups (broad SMARTS) is 2. The zero-order chi connectivity index (χ0) is 31.7. The standard InChI is InChI=1S/C26H24Cl6O10/c1-3-5-11(23(33)34)9-39-21-13(27)7-15(17(29)19(21)31)41-25(37)26(38)42-16-8-14(28)22(20(32)18(16)30)40-10-12(6-4-2)24(35)36/h7-8,11-12H,3-6,9-10H2,1-2H3,(H,33,34)(H,35,36). The average Bonchev–Trinajstić information content (AvgIpc) is 2.92. The summed E-state index contributed by atoms with van der Waals surface area (Å²) in [6, 6.07) is 2.09. The Bertz CT molecular complexity index is 1250. The smallest absolute Gasteiger partial charge is 0.423 e. The lowest BCUT2D eigenvalue weighted by Gasteiger charge is -2.17. The molecule has 0 saturated carbocycles. The molecular weight excluding hydrogens is 685 g/mol. The van der Waals surface area contributed by atoms with Crippen molar-refractivity contribution in [2.45, 2.75) is 39.5 Å². The minimum absolute atomic E-state index is 0.143. The molecule has 42 heavy (non-hydrogen) atoms. The summed E-state index contributed by atoms with van der Waals surface area (Å²) in [4.78, 5) is 47.7. The molecule has 0 aliphatic rings. The van der Waals surface area contributed by atoms with Gasteiger partial charge in [0.1, 0.15) is 33.3 Å². The molecule has 0 radical (unpaired) electrons. The van der Waals surface area contributed by atoms with Crippen LogP contribution in [-0.4, -0.2) is 47.3 Å². The van der Waals surface area contributed by atoms with E-state index in [-0.39, 0.29) is 54.8 Å². The zero-order valence-electron chi connectivity index (χ0n) is 22.0. The van der Waals surface area contributed by atoms with Gasteiger partial charge in [0.2, 0.25) is 0 Å². The lowest BCUT2D eigenvalue weighted by molar-refractivity contribution is -0.156. The van der Waals surface area contributed by atoms with E-state index in [4.69, 9.17) is 88.6 Å². The van der Waals surface area contributed by atoms with E-state index >= 15 is 0 Å². The molecule has 0 amide bonds. The topological polar surface area (TPSA) is 146 Å². The van der Waals surface area contributed by atoms with Crippen LogP contribution < -0.4 is 18.9 Å². The number of hydrogen-bond donors (Lipinski definition) is 2. The van der Waals surface area contributed by atoms with Gasteiger partial charge >= 0.3 is 23.9 Å². The Morgan fingerprint density at radius 1 is 0.643 bits per heavy atom. The first-order valence-electron chi connectivity index (χ1n) is 12.2. The molecule has 2 rings (SSSR count). The van der Waals surface area contributed by atoms with Gasteiger partial charge in [-0.1, -0.05) is 96.3 Å². The van der Waals surface area contributed by atoms with Gasteiger partial charge in [0.05, 0.1) is 21.9 Å². The van der Waals surface area contributed by atoms with Crippen LogP contribution in [0.3, 0.4) is 0 Å². The number of ether oxygens (including phenoxy) is 4. The highest BCUT2D eigenvalue weighted by atomic mass is 35.5. The number of esters is 2. The Balaban J connectivity index is 2.17. The molecule has 2 aromatic carbocycles. The molecule has 230 valence electrons. The summed E-state index contributed by atoms with van der Waals surface area (Å²) in [5, 5.41) is 16.9. The number of benzene rings is 2. The molecule has 2 atom stereocenters. The number of carboxylic acids is 2. The second kappa shape index (κ2) is 16.5. The molecule has 0 aliphatic carbocycles. The zero-order valence-corrected chi connectivity index (χ0v) is 26.5. The van der Waals surface area contributed by atoms with Gasteiger partial charge in [-0.25, -0.2) is 9.59 Å². The van der Waals surface area contributed by atoms with Gasteiger partial charge in [0.25, 0.3) is 0 Å². The lowest BCUT2D eigenvalue weighted by Crippen LogP contribution is -2.26. The van der Waals surface area contributed by atoms with Crippen LogP contribution in [0.4, 0.5) is 0 Å². The fourth-order valence-electron chi connectivity index (χ4n) is 3.43. The van der Waals surface area contributed by atoms with Crippen molar-refractivity contribution in [3.63, 3.8) is 0 Å². The molecule has 2 aromatic rings. The van der Waals surface area contributed by atoms with Gasteiger partial charge in [-0.05, 0) is 12.8 Å². The van der Waals surface area contributed by atoms with Crippen molar-refractivity contribution in [1.29, 1.82) is 0 Å². The van der Waals surface area contributed by atoms with Gasteiger partial charge in [0, 0.05) is 12.1 Å². The summed E-state index contributed by atoms with van der Waals surface area (Å²) < 4.78 is 20.9. The maximum atomic E-state index is 12.5. The lowest BCUT2D eigenvalue weighted by atomic mass is 10.1. The highest BCUT2D eigenvalue weighted by molar-refractivity contribution is 6.47. The Morgan fingerprint density at radius 2 is 0.976 bits per heavy atom. The number of carbonyl (C=O) groups is 4. The van der Waals surface area contributed by atoms with Crippen LogP contribution in [-0.2, 0) is 19.2 Å². The molecule has 0 saturated heterocycles. The fraction of sp³-hybridized carbons (Fsp3) is 0.385. The third kappa shape index (κ3) is 9.33. The maximum Gasteiger partial charge on any atom is 0.423 e. The molecule has 0 aromatic heterocycles. The predicted molar refractivity (Wildman–Crippen MR) is 157 cm³/mol. The number of carbonyl (C=O) groups excluding carboxylic acids is 2. The predicted octanol–water partition coefficient (Wildman–Crippen LogP) is 7.88. The van der Waals surface area contributed by atoms with Gasteiger partial charge in [-0.3, -0.25) is 9.59 Å². The van der Waals surface area contributed by atoms with E-state index in [0.717, 1.165) is 12.1 Å². The van der Waals surface area contributed by atoms with Gasteiger partial charge in [-0.2, -0.15) is 0 Å². The molecule has 0 aliphatic heterocycles.